The zero-order valence-electron chi connectivity index (χ0n) is 13.0. The smallest absolute Gasteiger partial charge is 0.257 e. The van der Waals surface area contributed by atoms with Crippen molar-refractivity contribution in [2.45, 2.75) is 20.4 Å². The molecule has 0 saturated carbocycles. The van der Waals surface area contributed by atoms with Crippen LogP contribution in [0.25, 0.3) is 11.3 Å². The Morgan fingerprint density at radius 1 is 1.29 bits per heavy atom. The van der Waals surface area contributed by atoms with E-state index in [1.165, 1.54) is 18.2 Å². The molecule has 2 aromatic heterocycles. The highest BCUT2D eigenvalue weighted by Gasteiger charge is 2.25. The predicted octanol–water partition coefficient (Wildman–Crippen LogP) is 4.27. The van der Waals surface area contributed by atoms with E-state index in [0.29, 0.717) is 0 Å². The van der Waals surface area contributed by atoms with Crippen LogP contribution in [0.15, 0.2) is 39.5 Å². The van der Waals surface area contributed by atoms with Crippen molar-refractivity contribution in [2.24, 2.45) is 0 Å². The predicted molar refractivity (Wildman–Crippen MR) is 86.3 cm³/mol. The highest BCUT2D eigenvalue weighted by Crippen LogP contribution is 2.33. The van der Waals surface area contributed by atoms with E-state index in [0.717, 1.165) is 11.3 Å². The number of carbonyl (C=O) groups excluding carboxylic acids is 1. The van der Waals surface area contributed by atoms with Crippen LogP contribution in [0.4, 0.5) is 4.39 Å². The van der Waals surface area contributed by atoms with Crippen molar-refractivity contribution in [2.75, 3.05) is 0 Å². The van der Waals surface area contributed by atoms with Crippen LogP contribution in [-0.4, -0.2) is 11.1 Å². The summed E-state index contributed by atoms with van der Waals surface area (Å²) < 4.78 is 24.4. The Morgan fingerprint density at radius 3 is 2.75 bits per heavy atom. The summed E-state index contributed by atoms with van der Waals surface area (Å²) in [5, 5.41) is 6.72. The highest BCUT2D eigenvalue weighted by atomic mass is 35.5. The van der Waals surface area contributed by atoms with Crippen LogP contribution < -0.4 is 5.32 Å². The Labute approximate surface area is 142 Å². The fraction of sp³-hybridized carbons (Fsp3) is 0.176. The van der Waals surface area contributed by atoms with Gasteiger partial charge in [-0.15, -0.1) is 0 Å². The fourth-order valence-electron chi connectivity index (χ4n) is 2.39. The van der Waals surface area contributed by atoms with Crippen molar-refractivity contribution < 1.29 is 18.1 Å². The summed E-state index contributed by atoms with van der Waals surface area (Å²) in [7, 11) is 0. The standard InChI is InChI=1S/C17H14ClFN2O3/c1-9-11(6-7-23-9)8-20-17(22)14-10(2)24-21-16(14)15-12(18)4-3-5-13(15)19/h3-7H,8H2,1-2H3,(H,20,22). The number of amides is 1. The molecule has 0 radical (unpaired) electrons. The molecule has 0 bridgehead atoms. The van der Waals surface area contributed by atoms with E-state index in [1.807, 2.05) is 0 Å². The zero-order valence-corrected chi connectivity index (χ0v) is 13.8. The van der Waals surface area contributed by atoms with E-state index >= 15 is 0 Å². The van der Waals surface area contributed by atoms with Crippen molar-refractivity contribution in [3.8, 4) is 11.3 Å². The summed E-state index contributed by atoms with van der Waals surface area (Å²) in [5.41, 5.74) is 1.13. The largest absolute Gasteiger partial charge is 0.469 e. The molecule has 3 rings (SSSR count). The van der Waals surface area contributed by atoms with Gasteiger partial charge in [0.1, 0.15) is 28.6 Å². The molecule has 0 unspecified atom stereocenters. The van der Waals surface area contributed by atoms with Crippen molar-refractivity contribution in [3.05, 3.63) is 64.0 Å². The Morgan fingerprint density at radius 2 is 2.08 bits per heavy atom. The molecule has 0 aliphatic heterocycles. The number of hydrogen-bond donors (Lipinski definition) is 1. The summed E-state index contributed by atoms with van der Waals surface area (Å²) in [6, 6.07) is 6.03. The first-order chi connectivity index (χ1) is 11.5. The summed E-state index contributed by atoms with van der Waals surface area (Å²) in [6.45, 7) is 3.66. The van der Waals surface area contributed by atoms with E-state index in [9.17, 15) is 9.18 Å². The molecule has 0 aliphatic carbocycles. The number of carbonyl (C=O) groups is 1. The van der Waals surface area contributed by atoms with Gasteiger partial charge in [0.2, 0.25) is 0 Å². The molecular formula is C17H14ClFN2O3. The molecule has 5 nitrogen and oxygen atoms in total. The first-order valence-electron chi connectivity index (χ1n) is 7.21. The van der Waals surface area contributed by atoms with Crippen LogP contribution in [-0.2, 0) is 6.54 Å². The van der Waals surface area contributed by atoms with Gasteiger partial charge in [-0.3, -0.25) is 4.79 Å². The van der Waals surface area contributed by atoms with Gasteiger partial charge in [0.05, 0.1) is 16.8 Å². The lowest BCUT2D eigenvalue weighted by Crippen LogP contribution is -2.23. The third-order valence-electron chi connectivity index (χ3n) is 3.70. The lowest BCUT2D eigenvalue weighted by Gasteiger charge is -2.07. The van der Waals surface area contributed by atoms with Gasteiger partial charge >= 0.3 is 0 Å². The van der Waals surface area contributed by atoms with Gasteiger partial charge in [0, 0.05) is 12.1 Å². The first-order valence-corrected chi connectivity index (χ1v) is 7.58. The maximum atomic E-state index is 14.1. The number of aryl methyl sites for hydroxylation is 2. The van der Waals surface area contributed by atoms with E-state index in [2.05, 4.69) is 10.5 Å². The molecule has 1 aromatic carbocycles. The second-order valence-electron chi connectivity index (χ2n) is 5.24. The molecule has 24 heavy (non-hydrogen) atoms. The first kappa shape index (κ1) is 16.3. The maximum absolute atomic E-state index is 14.1. The van der Waals surface area contributed by atoms with Crippen LogP contribution in [0.5, 0.6) is 0 Å². The Balaban J connectivity index is 1.93. The molecule has 0 aliphatic rings. The van der Waals surface area contributed by atoms with Crippen LogP contribution in [0.2, 0.25) is 5.02 Å². The minimum Gasteiger partial charge on any atom is -0.469 e. The molecule has 2 heterocycles. The number of benzene rings is 1. The number of nitrogens with zero attached hydrogens (tertiary/aromatic N) is 1. The average molecular weight is 349 g/mol. The van der Waals surface area contributed by atoms with Gasteiger partial charge in [-0.25, -0.2) is 4.39 Å². The van der Waals surface area contributed by atoms with Gasteiger partial charge in [-0.1, -0.05) is 22.8 Å². The monoisotopic (exact) mass is 348 g/mol. The molecule has 1 amide bonds. The second kappa shape index (κ2) is 6.49. The highest BCUT2D eigenvalue weighted by molar-refractivity contribution is 6.33. The van der Waals surface area contributed by atoms with Crippen molar-refractivity contribution in [3.63, 3.8) is 0 Å². The minimum atomic E-state index is -0.574. The average Bonchev–Trinajstić information content (AvgIpc) is 3.11. The van der Waals surface area contributed by atoms with Gasteiger partial charge in [-0.2, -0.15) is 0 Å². The lowest BCUT2D eigenvalue weighted by atomic mass is 10.0. The van der Waals surface area contributed by atoms with Gasteiger partial charge in [0.15, 0.2) is 0 Å². The van der Waals surface area contributed by atoms with E-state index in [-0.39, 0.29) is 34.1 Å². The number of aromatic nitrogens is 1. The van der Waals surface area contributed by atoms with Crippen molar-refractivity contribution in [1.82, 2.24) is 10.5 Å². The topological polar surface area (TPSA) is 68.3 Å². The van der Waals surface area contributed by atoms with Crippen LogP contribution in [0, 0.1) is 19.7 Å². The van der Waals surface area contributed by atoms with Gasteiger partial charge in [0.25, 0.3) is 5.91 Å². The van der Waals surface area contributed by atoms with Crippen LogP contribution in [0.3, 0.4) is 0 Å². The van der Waals surface area contributed by atoms with E-state index in [1.54, 1.807) is 26.2 Å². The SMILES string of the molecule is Cc1occc1CNC(=O)c1c(-c2c(F)cccc2Cl)noc1C. The van der Waals surface area contributed by atoms with Crippen molar-refractivity contribution >= 4 is 17.5 Å². The van der Waals surface area contributed by atoms with Gasteiger partial charge in [-0.05, 0) is 32.0 Å². The molecule has 0 saturated heterocycles. The number of halogens is 2. The fourth-order valence-corrected chi connectivity index (χ4v) is 2.65. The van der Waals surface area contributed by atoms with Crippen molar-refractivity contribution in [1.29, 1.82) is 0 Å². The number of rotatable bonds is 4. The summed E-state index contributed by atoms with van der Waals surface area (Å²) in [4.78, 5) is 12.5. The minimum absolute atomic E-state index is 0.0423. The molecule has 0 spiro atoms. The Hall–Kier alpha value is -2.60. The summed E-state index contributed by atoms with van der Waals surface area (Å²) >= 11 is 6.06. The normalized spacial score (nSPS) is 10.8. The number of hydrogen-bond acceptors (Lipinski definition) is 4. The molecule has 124 valence electrons. The number of nitrogens with one attached hydrogen (secondary N) is 1. The molecule has 3 aromatic rings. The zero-order chi connectivity index (χ0) is 17.3. The molecule has 7 heteroatoms. The molecule has 0 atom stereocenters. The third kappa shape index (κ3) is 2.92. The molecule has 0 fully saturated rings. The van der Waals surface area contributed by atoms with E-state index < -0.39 is 11.7 Å². The Kier molecular flexibility index (Phi) is 4.40. The second-order valence-corrected chi connectivity index (χ2v) is 5.65. The summed E-state index contributed by atoms with van der Waals surface area (Å²) in [6.07, 6.45) is 1.55. The summed E-state index contributed by atoms with van der Waals surface area (Å²) in [5.74, 6) is -0.000327. The lowest BCUT2D eigenvalue weighted by molar-refractivity contribution is 0.0950. The van der Waals surface area contributed by atoms with E-state index in [4.69, 9.17) is 20.5 Å². The third-order valence-corrected chi connectivity index (χ3v) is 4.01. The van der Waals surface area contributed by atoms with Gasteiger partial charge < -0.3 is 14.3 Å². The Bertz CT molecular complexity index is 881. The van der Waals surface area contributed by atoms with Crippen LogP contribution in [0.1, 0.15) is 27.4 Å². The number of furan rings is 1. The quantitative estimate of drug-likeness (QED) is 0.764. The molecular weight excluding hydrogens is 335 g/mol. The maximum Gasteiger partial charge on any atom is 0.257 e. The van der Waals surface area contributed by atoms with Crippen LogP contribution >= 0.6 is 11.6 Å². The molecule has 1 N–H and O–H groups in total.